The Kier molecular flexibility index (Phi) is 11.9. The number of rotatable bonds is 11. The highest BCUT2D eigenvalue weighted by Crippen LogP contribution is 1.98. The van der Waals surface area contributed by atoms with Crippen LogP contribution in [0.3, 0.4) is 0 Å². The monoisotopic (exact) mass is 215 g/mol. The first-order chi connectivity index (χ1) is 7.27. The summed E-state index contributed by atoms with van der Waals surface area (Å²) in [4.78, 5) is 0. The topological polar surface area (TPSA) is 64.1 Å². The van der Waals surface area contributed by atoms with Gasteiger partial charge >= 0.3 is 0 Å². The van der Waals surface area contributed by atoms with Gasteiger partial charge in [0, 0.05) is 6.04 Å². The highest BCUT2D eigenvalue weighted by atomic mass is 14.8. The fraction of sp³-hybridized carbons (Fsp3) is 1.00. The van der Waals surface area contributed by atoms with E-state index in [9.17, 15) is 0 Å². The summed E-state index contributed by atoms with van der Waals surface area (Å²) in [6.45, 7) is 5.21. The maximum Gasteiger partial charge on any atom is 0.00104 e. The van der Waals surface area contributed by atoms with Gasteiger partial charge in [-0.25, -0.2) is 0 Å². The summed E-state index contributed by atoms with van der Waals surface area (Å²) in [6, 6.07) is 0.362. The third kappa shape index (κ3) is 13.9. The lowest BCUT2D eigenvalue weighted by Gasteiger charge is -2.06. The van der Waals surface area contributed by atoms with Gasteiger partial charge in [-0.3, -0.25) is 0 Å². The summed E-state index contributed by atoms with van der Waals surface area (Å²) in [5, 5.41) is 3.46. The summed E-state index contributed by atoms with van der Waals surface area (Å²) in [5.41, 5.74) is 11.1. The molecule has 0 aliphatic rings. The Hall–Kier alpha value is -0.120. The van der Waals surface area contributed by atoms with Crippen LogP contribution in [0.2, 0.25) is 0 Å². The molecule has 0 fully saturated rings. The Balaban J connectivity index is 2.87. The van der Waals surface area contributed by atoms with E-state index in [0.29, 0.717) is 6.04 Å². The predicted octanol–water partition coefficient (Wildman–Crippen LogP) is 1.61. The van der Waals surface area contributed by atoms with Gasteiger partial charge in [0.15, 0.2) is 0 Å². The molecule has 0 bridgehead atoms. The van der Waals surface area contributed by atoms with Crippen LogP contribution in [0, 0.1) is 0 Å². The van der Waals surface area contributed by atoms with Crippen molar-refractivity contribution < 1.29 is 0 Å². The molecular weight excluding hydrogens is 186 g/mol. The first-order valence-electron chi connectivity index (χ1n) is 6.43. The molecule has 0 rings (SSSR count). The highest BCUT2D eigenvalue weighted by Gasteiger charge is 1.94. The molecule has 0 aliphatic carbocycles. The van der Waals surface area contributed by atoms with E-state index in [0.717, 1.165) is 26.1 Å². The number of hydrogen-bond acceptors (Lipinski definition) is 3. The van der Waals surface area contributed by atoms with Gasteiger partial charge < -0.3 is 16.8 Å². The van der Waals surface area contributed by atoms with Crippen LogP contribution < -0.4 is 16.8 Å². The summed E-state index contributed by atoms with van der Waals surface area (Å²) in [5.74, 6) is 0. The van der Waals surface area contributed by atoms with Crippen LogP contribution >= 0.6 is 0 Å². The first kappa shape index (κ1) is 14.9. The molecule has 0 heterocycles. The molecule has 0 unspecified atom stereocenters. The zero-order valence-corrected chi connectivity index (χ0v) is 10.3. The smallest absolute Gasteiger partial charge is 0.00104 e. The maximum absolute atomic E-state index is 5.67. The molecule has 15 heavy (non-hydrogen) atoms. The third-order valence-corrected chi connectivity index (χ3v) is 2.57. The van der Waals surface area contributed by atoms with Crippen molar-refractivity contribution >= 4 is 0 Å². The van der Waals surface area contributed by atoms with Crippen molar-refractivity contribution in [3.8, 4) is 0 Å². The van der Waals surface area contributed by atoms with Gasteiger partial charge in [-0.2, -0.15) is 0 Å². The van der Waals surface area contributed by atoms with Crippen molar-refractivity contribution in [1.29, 1.82) is 0 Å². The average Bonchev–Trinajstić information content (AvgIpc) is 2.20. The molecule has 1 atom stereocenters. The zero-order valence-electron chi connectivity index (χ0n) is 10.3. The molecule has 3 nitrogen and oxygen atoms in total. The van der Waals surface area contributed by atoms with Crippen molar-refractivity contribution in [3.63, 3.8) is 0 Å². The van der Waals surface area contributed by atoms with Crippen LogP contribution in [0.5, 0.6) is 0 Å². The van der Waals surface area contributed by atoms with Crippen LogP contribution in [0.25, 0.3) is 0 Å². The molecule has 0 saturated heterocycles. The SMILES string of the molecule is C[C@@H](N)CCCCNCCCCCCN. The number of unbranched alkanes of at least 4 members (excludes halogenated alkanes) is 4. The Labute approximate surface area is 95.0 Å². The lowest BCUT2D eigenvalue weighted by atomic mass is 10.1. The molecule has 0 aromatic carbocycles. The van der Waals surface area contributed by atoms with Crippen molar-refractivity contribution in [1.82, 2.24) is 5.32 Å². The van der Waals surface area contributed by atoms with Gasteiger partial charge in [-0.15, -0.1) is 0 Å². The van der Waals surface area contributed by atoms with Crippen LogP contribution in [0.1, 0.15) is 51.9 Å². The van der Waals surface area contributed by atoms with E-state index in [-0.39, 0.29) is 0 Å². The maximum atomic E-state index is 5.67. The van der Waals surface area contributed by atoms with E-state index in [4.69, 9.17) is 11.5 Å². The molecule has 0 saturated carbocycles. The van der Waals surface area contributed by atoms with Gasteiger partial charge in [0.05, 0.1) is 0 Å². The van der Waals surface area contributed by atoms with Gasteiger partial charge in [0.25, 0.3) is 0 Å². The Morgan fingerprint density at radius 3 is 2.13 bits per heavy atom. The molecule has 92 valence electrons. The lowest BCUT2D eigenvalue weighted by molar-refractivity contribution is 0.544. The molecule has 0 spiro atoms. The minimum absolute atomic E-state index is 0.362. The third-order valence-electron chi connectivity index (χ3n) is 2.57. The molecule has 3 heteroatoms. The second-order valence-corrected chi connectivity index (χ2v) is 4.43. The van der Waals surface area contributed by atoms with Crippen molar-refractivity contribution in [2.24, 2.45) is 11.5 Å². The fourth-order valence-corrected chi connectivity index (χ4v) is 1.59. The summed E-state index contributed by atoms with van der Waals surface area (Å²) in [7, 11) is 0. The van der Waals surface area contributed by atoms with Crippen LogP contribution in [0.15, 0.2) is 0 Å². The van der Waals surface area contributed by atoms with Gasteiger partial charge in [0.2, 0.25) is 0 Å². The molecular formula is C12H29N3. The van der Waals surface area contributed by atoms with Gasteiger partial charge in [-0.05, 0) is 52.2 Å². The van der Waals surface area contributed by atoms with E-state index in [1.54, 1.807) is 0 Å². The van der Waals surface area contributed by atoms with Crippen LogP contribution in [-0.2, 0) is 0 Å². The second kappa shape index (κ2) is 12.0. The molecule has 0 aromatic rings. The zero-order chi connectivity index (χ0) is 11.4. The van der Waals surface area contributed by atoms with Gasteiger partial charge in [-0.1, -0.05) is 19.3 Å². The van der Waals surface area contributed by atoms with Crippen molar-refractivity contribution in [2.75, 3.05) is 19.6 Å². The van der Waals surface area contributed by atoms with E-state index in [1.165, 1.54) is 38.5 Å². The molecule has 0 amide bonds. The van der Waals surface area contributed by atoms with E-state index < -0.39 is 0 Å². The molecule has 0 radical (unpaired) electrons. The minimum Gasteiger partial charge on any atom is -0.330 e. The van der Waals surface area contributed by atoms with Crippen LogP contribution in [0.4, 0.5) is 0 Å². The lowest BCUT2D eigenvalue weighted by Crippen LogP contribution is -2.18. The normalized spacial score (nSPS) is 13.0. The summed E-state index contributed by atoms with van der Waals surface area (Å²) >= 11 is 0. The quantitative estimate of drug-likeness (QED) is 0.459. The Morgan fingerprint density at radius 2 is 1.53 bits per heavy atom. The van der Waals surface area contributed by atoms with Crippen molar-refractivity contribution in [2.45, 2.75) is 57.9 Å². The van der Waals surface area contributed by atoms with E-state index in [2.05, 4.69) is 12.2 Å². The largest absolute Gasteiger partial charge is 0.330 e. The summed E-state index contributed by atoms with van der Waals surface area (Å²) in [6.07, 6.45) is 8.70. The highest BCUT2D eigenvalue weighted by molar-refractivity contribution is 4.55. The first-order valence-corrected chi connectivity index (χ1v) is 6.43. The fourth-order valence-electron chi connectivity index (χ4n) is 1.59. The van der Waals surface area contributed by atoms with Crippen molar-refractivity contribution in [3.05, 3.63) is 0 Å². The molecule has 5 N–H and O–H groups in total. The Bertz CT molecular complexity index is 115. The number of nitrogens with one attached hydrogen (secondary N) is 1. The van der Waals surface area contributed by atoms with Crippen LogP contribution in [-0.4, -0.2) is 25.7 Å². The standard InChI is InChI=1S/C12H29N3/c1-12(14)8-4-7-11-15-10-6-3-2-5-9-13/h12,15H,2-11,13-14H2,1H3/t12-/m1/s1. The van der Waals surface area contributed by atoms with E-state index in [1.807, 2.05) is 0 Å². The number of nitrogens with two attached hydrogens (primary N) is 2. The minimum atomic E-state index is 0.362. The second-order valence-electron chi connectivity index (χ2n) is 4.43. The molecule has 0 aromatic heterocycles. The Morgan fingerprint density at radius 1 is 0.933 bits per heavy atom. The van der Waals surface area contributed by atoms with Gasteiger partial charge in [0.1, 0.15) is 0 Å². The average molecular weight is 215 g/mol. The van der Waals surface area contributed by atoms with E-state index >= 15 is 0 Å². The molecule has 0 aliphatic heterocycles. The predicted molar refractivity (Wildman–Crippen MR) is 67.9 cm³/mol. The summed E-state index contributed by atoms with van der Waals surface area (Å²) < 4.78 is 0. The number of hydrogen-bond donors (Lipinski definition) is 3.